The fraction of sp³-hybridized carbons (Fsp3) is 0.462. The summed E-state index contributed by atoms with van der Waals surface area (Å²) in [5.74, 6) is 1.05. The Morgan fingerprint density at radius 3 is 2.76 bits per heavy atom. The van der Waals surface area contributed by atoms with Gasteiger partial charge in [0.25, 0.3) is 0 Å². The van der Waals surface area contributed by atoms with E-state index in [-0.39, 0.29) is 0 Å². The van der Waals surface area contributed by atoms with Crippen LogP contribution in [0.4, 0.5) is 5.69 Å². The molecule has 0 heterocycles. The average Bonchev–Trinajstić information content (AvgIpc) is 2.30. The van der Waals surface area contributed by atoms with Gasteiger partial charge in [0.2, 0.25) is 0 Å². The van der Waals surface area contributed by atoms with Crippen LogP contribution in [0.1, 0.15) is 19.4 Å². The van der Waals surface area contributed by atoms with Crippen molar-refractivity contribution in [2.24, 2.45) is 5.92 Å². The summed E-state index contributed by atoms with van der Waals surface area (Å²) < 4.78 is 10.8. The number of ether oxygens (including phenoxy) is 2. The van der Waals surface area contributed by atoms with E-state index in [1.807, 2.05) is 6.07 Å². The van der Waals surface area contributed by atoms with Crippen molar-refractivity contribution in [1.29, 1.82) is 5.26 Å². The van der Waals surface area contributed by atoms with Gasteiger partial charge in [-0.25, -0.2) is 0 Å². The highest BCUT2D eigenvalue weighted by Gasteiger charge is 2.02. The predicted molar refractivity (Wildman–Crippen MR) is 66.7 cm³/mol. The Morgan fingerprint density at radius 1 is 1.35 bits per heavy atom. The number of rotatable bonds is 6. The van der Waals surface area contributed by atoms with E-state index in [1.165, 1.54) is 0 Å². The second kappa shape index (κ2) is 6.77. The van der Waals surface area contributed by atoms with Crippen molar-refractivity contribution in [3.8, 4) is 11.8 Å². The Hall–Kier alpha value is -1.73. The molecule has 0 saturated heterocycles. The van der Waals surface area contributed by atoms with Crippen LogP contribution in [0.2, 0.25) is 0 Å². The summed E-state index contributed by atoms with van der Waals surface area (Å²) >= 11 is 0. The van der Waals surface area contributed by atoms with Crippen LogP contribution in [0.25, 0.3) is 0 Å². The molecule has 0 aliphatic heterocycles. The minimum Gasteiger partial charge on any atom is -0.489 e. The van der Waals surface area contributed by atoms with Crippen molar-refractivity contribution in [3.05, 3.63) is 23.8 Å². The van der Waals surface area contributed by atoms with Crippen LogP contribution in [0.5, 0.6) is 5.75 Å². The van der Waals surface area contributed by atoms with Crippen molar-refractivity contribution in [2.75, 3.05) is 25.6 Å². The van der Waals surface area contributed by atoms with Gasteiger partial charge in [0, 0.05) is 12.7 Å². The van der Waals surface area contributed by atoms with Gasteiger partial charge in [-0.3, -0.25) is 0 Å². The minimum atomic E-state index is 0.436. The number of nitriles is 1. The third-order valence-corrected chi connectivity index (χ3v) is 2.08. The Bertz CT molecular complexity index is 397. The summed E-state index contributed by atoms with van der Waals surface area (Å²) in [4.78, 5) is 0. The van der Waals surface area contributed by atoms with Gasteiger partial charge in [0.15, 0.2) is 0 Å². The Kier molecular flexibility index (Phi) is 5.31. The molecule has 4 nitrogen and oxygen atoms in total. The molecule has 0 bridgehead atoms. The largest absolute Gasteiger partial charge is 0.489 e. The molecule has 4 heteroatoms. The number of benzene rings is 1. The number of nitrogens with two attached hydrogens (primary N) is 1. The number of nitrogen functional groups attached to an aromatic ring is 1. The van der Waals surface area contributed by atoms with E-state index in [0.29, 0.717) is 36.1 Å². The summed E-state index contributed by atoms with van der Waals surface area (Å²) in [5, 5.41) is 8.75. The van der Waals surface area contributed by atoms with Crippen LogP contribution >= 0.6 is 0 Å². The lowest BCUT2D eigenvalue weighted by atomic mass is 10.2. The van der Waals surface area contributed by atoms with E-state index in [4.69, 9.17) is 20.5 Å². The van der Waals surface area contributed by atoms with Gasteiger partial charge in [-0.15, -0.1) is 0 Å². The molecule has 92 valence electrons. The maximum Gasteiger partial charge on any atom is 0.143 e. The molecule has 0 aliphatic carbocycles. The fourth-order valence-corrected chi connectivity index (χ4v) is 1.26. The minimum absolute atomic E-state index is 0.436. The second-order valence-electron chi connectivity index (χ2n) is 4.18. The van der Waals surface area contributed by atoms with Crippen LogP contribution in [0, 0.1) is 17.2 Å². The van der Waals surface area contributed by atoms with Gasteiger partial charge < -0.3 is 15.2 Å². The molecular weight excluding hydrogens is 216 g/mol. The summed E-state index contributed by atoms with van der Waals surface area (Å²) in [7, 11) is 0. The van der Waals surface area contributed by atoms with Crippen molar-refractivity contribution in [1.82, 2.24) is 0 Å². The number of hydrogen-bond donors (Lipinski definition) is 1. The zero-order valence-corrected chi connectivity index (χ0v) is 10.3. The highest BCUT2D eigenvalue weighted by atomic mass is 16.5. The van der Waals surface area contributed by atoms with E-state index in [1.54, 1.807) is 18.2 Å². The van der Waals surface area contributed by atoms with Gasteiger partial charge in [0.1, 0.15) is 12.4 Å². The third kappa shape index (κ3) is 4.75. The topological polar surface area (TPSA) is 68.3 Å². The first-order valence-electron chi connectivity index (χ1n) is 5.63. The smallest absolute Gasteiger partial charge is 0.143 e. The zero-order valence-electron chi connectivity index (χ0n) is 10.3. The van der Waals surface area contributed by atoms with Crippen molar-refractivity contribution < 1.29 is 9.47 Å². The molecular formula is C13H18N2O2. The van der Waals surface area contributed by atoms with E-state index in [0.717, 1.165) is 6.61 Å². The molecule has 0 saturated carbocycles. The Balaban J connectivity index is 2.39. The number of anilines is 1. The van der Waals surface area contributed by atoms with E-state index < -0.39 is 0 Å². The van der Waals surface area contributed by atoms with Crippen LogP contribution in [-0.2, 0) is 4.74 Å². The van der Waals surface area contributed by atoms with Crippen LogP contribution in [0.15, 0.2) is 18.2 Å². The first kappa shape index (κ1) is 13.3. The SMILES string of the molecule is CC(C)COCCOc1cc(C#N)ccc1N. The van der Waals surface area contributed by atoms with E-state index in [2.05, 4.69) is 13.8 Å². The molecule has 0 unspecified atom stereocenters. The molecule has 0 fully saturated rings. The quantitative estimate of drug-likeness (QED) is 0.605. The summed E-state index contributed by atoms with van der Waals surface area (Å²) in [5.41, 5.74) is 6.81. The standard InChI is InChI=1S/C13H18N2O2/c1-10(2)9-16-5-6-17-13-7-11(8-14)3-4-12(13)15/h3-4,7,10H,5-6,9,15H2,1-2H3. The first-order valence-corrected chi connectivity index (χ1v) is 5.63. The number of hydrogen-bond acceptors (Lipinski definition) is 4. The van der Waals surface area contributed by atoms with Gasteiger partial charge in [-0.2, -0.15) is 5.26 Å². The highest BCUT2D eigenvalue weighted by molar-refractivity contribution is 5.55. The third-order valence-electron chi connectivity index (χ3n) is 2.08. The lowest BCUT2D eigenvalue weighted by Crippen LogP contribution is -2.10. The molecule has 0 aliphatic rings. The second-order valence-corrected chi connectivity index (χ2v) is 4.18. The van der Waals surface area contributed by atoms with Gasteiger partial charge in [-0.1, -0.05) is 13.8 Å². The molecule has 0 spiro atoms. The Labute approximate surface area is 102 Å². The molecule has 0 amide bonds. The molecule has 17 heavy (non-hydrogen) atoms. The van der Waals surface area contributed by atoms with Gasteiger partial charge >= 0.3 is 0 Å². The molecule has 0 aromatic heterocycles. The average molecular weight is 234 g/mol. The number of nitrogens with zero attached hydrogens (tertiary/aromatic N) is 1. The van der Waals surface area contributed by atoms with Gasteiger partial charge in [0.05, 0.1) is 23.9 Å². The molecule has 1 aromatic carbocycles. The van der Waals surface area contributed by atoms with Crippen molar-refractivity contribution in [3.63, 3.8) is 0 Å². The van der Waals surface area contributed by atoms with Crippen molar-refractivity contribution in [2.45, 2.75) is 13.8 Å². The normalized spacial score (nSPS) is 10.2. The van der Waals surface area contributed by atoms with Crippen LogP contribution < -0.4 is 10.5 Å². The maximum absolute atomic E-state index is 8.75. The van der Waals surface area contributed by atoms with Crippen LogP contribution in [0.3, 0.4) is 0 Å². The summed E-state index contributed by atoms with van der Waals surface area (Å²) in [6, 6.07) is 7.01. The van der Waals surface area contributed by atoms with E-state index >= 15 is 0 Å². The Morgan fingerprint density at radius 2 is 2.12 bits per heavy atom. The molecule has 2 N–H and O–H groups in total. The fourth-order valence-electron chi connectivity index (χ4n) is 1.26. The van der Waals surface area contributed by atoms with Crippen molar-refractivity contribution >= 4 is 5.69 Å². The molecule has 0 atom stereocenters. The first-order chi connectivity index (χ1) is 8.13. The lowest BCUT2D eigenvalue weighted by Gasteiger charge is -2.10. The highest BCUT2D eigenvalue weighted by Crippen LogP contribution is 2.22. The lowest BCUT2D eigenvalue weighted by molar-refractivity contribution is 0.0821. The monoisotopic (exact) mass is 234 g/mol. The summed E-state index contributed by atoms with van der Waals surface area (Å²) in [6.07, 6.45) is 0. The van der Waals surface area contributed by atoms with Crippen LogP contribution in [-0.4, -0.2) is 19.8 Å². The zero-order chi connectivity index (χ0) is 12.7. The molecule has 0 radical (unpaired) electrons. The van der Waals surface area contributed by atoms with Gasteiger partial charge in [-0.05, 0) is 18.1 Å². The maximum atomic E-state index is 8.75. The summed E-state index contributed by atoms with van der Waals surface area (Å²) in [6.45, 7) is 5.86. The molecule has 1 rings (SSSR count). The molecule has 1 aromatic rings. The predicted octanol–water partition coefficient (Wildman–Crippen LogP) is 2.19. The van der Waals surface area contributed by atoms with E-state index in [9.17, 15) is 0 Å².